The van der Waals surface area contributed by atoms with E-state index < -0.39 is 0 Å². The van der Waals surface area contributed by atoms with Gasteiger partial charge in [-0.15, -0.1) is 0 Å². The molecule has 2 heterocycles. The lowest BCUT2D eigenvalue weighted by Crippen LogP contribution is -2.08. The third-order valence-corrected chi connectivity index (χ3v) is 3.30. The predicted octanol–water partition coefficient (Wildman–Crippen LogP) is 2.67. The smallest absolute Gasteiger partial charge is 0.160 e. The van der Waals surface area contributed by atoms with Crippen molar-refractivity contribution in [3.63, 3.8) is 0 Å². The zero-order chi connectivity index (χ0) is 13.8. The number of imidazole rings is 1. The van der Waals surface area contributed by atoms with Crippen LogP contribution in [0.4, 0.5) is 0 Å². The molecular formula is C16H17N3O. The summed E-state index contributed by atoms with van der Waals surface area (Å²) in [5.41, 5.74) is 3.12. The van der Waals surface area contributed by atoms with E-state index in [1.807, 2.05) is 24.4 Å². The van der Waals surface area contributed by atoms with Gasteiger partial charge >= 0.3 is 0 Å². The Bertz CT molecular complexity index is 691. The highest BCUT2D eigenvalue weighted by Gasteiger charge is 2.11. The van der Waals surface area contributed by atoms with E-state index in [9.17, 15) is 0 Å². The largest absolute Gasteiger partial charge is 0.384 e. The standard InChI is InChI=1S/C16H17N3O/c1-20-11-9-15-18-14-8-5-10-17-16(14)19(15)12-13-6-3-2-4-7-13/h2-8,10H,9,11-12H2,1H3. The Morgan fingerprint density at radius 1 is 1.10 bits per heavy atom. The number of hydrogen-bond acceptors (Lipinski definition) is 3. The Morgan fingerprint density at radius 2 is 1.95 bits per heavy atom. The molecule has 0 atom stereocenters. The van der Waals surface area contributed by atoms with Crippen LogP contribution >= 0.6 is 0 Å². The van der Waals surface area contributed by atoms with E-state index in [2.05, 4.69) is 38.8 Å². The van der Waals surface area contributed by atoms with E-state index >= 15 is 0 Å². The molecule has 102 valence electrons. The second-order valence-electron chi connectivity index (χ2n) is 4.69. The normalized spacial score (nSPS) is 11.1. The molecule has 0 fully saturated rings. The van der Waals surface area contributed by atoms with Crippen LogP contribution in [0.15, 0.2) is 48.7 Å². The van der Waals surface area contributed by atoms with Gasteiger partial charge in [0.25, 0.3) is 0 Å². The number of benzene rings is 1. The third-order valence-electron chi connectivity index (χ3n) is 3.30. The minimum absolute atomic E-state index is 0.665. The molecule has 20 heavy (non-hydrogen) atoms. The monoisotopic (exact) mass is 267 g/mol. The van der Waals surface area contributed by atoms with Crippen molar-refractivity contribution in [2.24, 2.45) is 0 Å². The van der Waals surface area contributed by atoms with Gasteiger partial charge in [0.15, 0.2) is 5.65 Å². The quantitative estimate of drug-likeness (QED) is 0.713. The number of pyridine rings is 1. The highest BCUT2D eigenvalue weighted by Crippen LogP contribution is 2.16. The molecule has 0 aliphatic rings. The maximum atomic E-state index is 5.17. The second-order valence-corrected chi connectivity index (χ2v) is 4.69. The van der Waals surface area contributed by atoms with Crippen molar-refractivity contribution in [2.45, 2.75) is 13.0 Å². The summed E-state index contributed by atoms with van der Waals surface area (Å²) in [6, 6.07) is 14.3. The number of fused-ring (bicyclic) bond motifs is 1. The highest BCUT2D eigenvalue weighted by molar-refractivity contribution is 5.71. The molecule has 0 amide bonds. The van der Waals surface area contributed by atoms with Crippen molar-refractivity contribution in [3.8, 4) is 0 Å². The van der Waals surface area contributed by atoms with Gasteiger partial charge in [0.05, 0.1) is 13.2 Å². The van der Waals surface area contributed by atoms with E-state index in [4.69, 9.17) is 4.74 Å². The van der Waals surface area contributed by atoms with Crippen LogP contribution in [-0.4, -0.2) is 28.3 Å². The van der Waals surface area contributed by atoms with Crippen molar-refractivity contribution in [1.82, 2.24) is 14.5 Å². The fourth-order valence-electron chi connectivity index (χ4n) is 2.32. The van der Waals surface area contributed by atoms with E-state index in [0.717, 1.165) is 30.0 Å². The van der Waals surface area contributed by atoms with Crippen LogP contribution in [0.2, 0.25) is 0 Å². The molecule has 0 bridgehead atoms. The van der Waals surface area contributed by atoms with Gasteiger partial charge in [0, 0.05) is 19.7 Å². The number of ether oxygens (including phenoxy) is 1. The fourth-order valence-corrected chi connectivity index (χ4v) is 2.32. The molecule has 1 aromatic carbocycles. The topological polar surface area (TPSA) is 39.9 Å². The van der Waals surface area contributed by atoms with Gasteiger partial charge in [0.1, 0.15) is 11.3 Å². The molecule has 0 aliphatic heterocycles. The molecule has 4 nitrogen and oxygen atoms in total. The summed E-state index contributed by atoms with van der Waals surface area (Å²) in [6.07, 6.45) is 2.60. The summed E-state index contributed by atoms with van der Waals surface area (Å²) in [4.78, 5) is 9.13. The summed E-state index contributed by atoms with van der Waals surface area (Å²) in [5.74, 6) is 1.02. The molecule has 0 saturated carbocycles. The van der Waals surface area contributed by atoms with Crippen molar-refractivity contribution in [2.75, 3.05) is 13.7 Å². The zero-order valence-electron chi connectivity index (χ0n) is 11.5. The van der Waals surface area contributed by atoms with Crippen molar-refractivity contribution >= 4 is 11.2 Å². The van der Waals surface area contributed by atoms with Gasteiger partial charge < -0.3 is 9.30 Å². The van der Waals surface area contributed by atoms with Gasteiger partial charge in [-0.05, 0) is 17.7 Å². The number of hydrogen-bond donors (Lipinski definition) is 0. The minimum Gasteiger partial charge on any atom is -0.384 e. The molecule has 3 rings (SSSR count). The summed E-state index contributed by atoms with van der Waals surface area (Å²) in [5, 5.41) is 0. The zero-order valence-corrected chi connectivity index (χ0v) is 11.5. The summed E-state index contributed by atoms with van der Waals surface area (Å²) in [6.45, 7) is 1.45. The highest BCUT2D eigenvalue weighted by atomic mass is 16.5. The van der Waals surface area contributed by atoms with Crippen LogP contribution < -0.4 is 0 Å². The lowest BCUT2D eigenvalue weighted by molar-refractivity contribution is 0.200. The summed E-state index contributed by atoms with van der Waals surface area (Å²) < 4.78 is 7.34. The predicted molar refractivity (Wildman–Crippen MR) is 78.7 cm³/mol. The Hall–Kier alpha value is -2.20. The average molecular weight is 267 g/mol. The van der Waals surface area contributed by atoms with Gasteiger partial charge in [-0.3, -0.25) is 0 Å². The number of methoxy groups -OCH3 is 1. The number of nitrogens with zero attached hydrogens (tertiary/aromatic N) is 3. The fraction of sp³-hybridized carbons (Fsp3) is 0.250. The van der Waals surface area contributed by atoms with Crippen molar-refractivity contribution in [3.05, 3.63) is 60.0 Å². The summed E-state index contributed by atoms with van der Waals surface area (Å²) in [7, 11) is 1.71. The first-order valence-corrected chi connectivity index (χ1v) is 6.71. The van der Waals surface area contributed by atoms with Crippen LogP contribution in [0.3, 0.4) is 0 Å². The SMILES string of the molecule is COCCc1nc2cccnc2n1Cc1ccccc1. The van der Waals surface area contributed by atoms with Gasteiger partial charge in [-0.1, -0.05) is 30.3 Å². The van der Waals surface area contributed by atoms with Gasteiger partial charge in [0.2, 0.25) is 0 Å². The van der Waals surface area contributed by atoms with E-state index in [1.54, 1.807) is 7.11 Å². The maximum absolute atomic E-state index is 5.17. The Morgan fingerprint density at radius 3 is 2.75 bits per heavy atom. The average Bonchev–Trinajstić information content (AvgIpc) is 2.84. The van der Waals surface area contributed by atoms with Crippen LogP contribution in [0, 0.1) is 0 Å². The molecule has 0 saturated heterocycles. The molecule has 2 aromatic heterocycles. The Balaban J connectivity index is 2.01. The molecule has 0 spiro atoms. The molecule has 0 radical (unpaired) electrons. The Kier molecular flexibility index (Phi) is 3.74. The Labute approximate surface area is 118 Å². The molecule has 3 aromatic rings. The van der Waals surface area contributed by atoms with Crippen LogP contribution in [-0.2, 0) is 17.7 Å². The van der Waals surface area contributed by atoms with Crippen molar-refractivity contribution in [1.29, 1.82) is 0 Å². The maximum Gasteiger partial charge on any atom is 0.160 e. The molecule has 4 heteroatoms. The lowest BCUT2D eigenvalue weighted by Gasteiger charge is -2.08. The molecule has 0 N–H and O–H groups in total. The molecular weight excluding hydrogens is 250 g/mol. The van der Waals surface area contributed by atoms with Gasteiger partial charge in [-0.25, -0.2) is 9.97 Å². The molecule has 0 aliphatic carbocycles. The van der Waals surface area contributed by atoms with Crippen LogP contribution in [0.5, 0.6) is 0 Å². The number of rotatable bonds is 5. The van der Waals surface area contributed by atoms with Crippen molar-refractivity contribution < 1.29 is 4.74 Å². The van der Waals surface area contributed by atoms with Crippen LogP contribution in [0.25, 0.3) is 11.2 Å². The van der Waals surface area contributed by atoms with Crippen LogP contribution in [0.1, 0.15) is 11.4 Å². The lowest BCUT2D eigenvalue weighted by atomic mass is 10.2. The molecule has 0 unspecified atom stereocenters. The number of aromatic nitrogens is 3. The van der Waals surface area contributed by atoms with E-state index in [0.29, 0.717) is 6.61 Å². The van der Waals surface area contributed by atoms with E-state index in [-0.39, 0.29) is 0 Å². The third kappa shape index (κ3) is 2.56. The first-order chi connectivity index (χ1) is 9.88. The van der Waals surface area contributed by atoms with Gasteiger partial charge in [-0.2, -0.15) is 0 Å². The first kappa shape index (κ1) is 12.8. The second kappa shape index (κ2) is 5.84. The van der Waals surface area contributed by atoms with E-state index in [1.165, 1.54) is 5.56 Å². The summed E-state index contributed by atoms with van der Waals surface area (Å²) >= 11 is 0. The minimum atomic E-state index is 0.665. The first-order valence-electron chi connectivity index (χ1n) is 6.71.